The van der Waals surface area contributed by atoms with Crippen molar-refractivity contribution in [1.29, 1.82) is 0 Å². The van der Waals surface area contributed by atoms with Crippen LogP contribution in [0.5, 0.6) is 11.5 Å². The second-order valence-electron chi connectivity index (χ2n) is 6.37. The predicted molar refractivity (Wildman–Crippen MR) is 105 cm³/mol. The fourth-order valence-corrected chi connectivity index (χ4v) is 3.10. The smallest absolute Gasteiger partial charge is 0.256 e. The summed E-state index contributed by atoms with van der Waals surface area (Å²) in [6.07, 6.45) is 1.66. The van der Waals surface area contributed by atoms with Crippen LogP contribution in [0.4, 0.5) is 5.69 Å². The molecule has 7 nitrogen and oxygen atoms in total. The van der Waals surface area contributed by atoms with E-state index in [1.165, 1.54) is 14.2 Å². The minimum Gasteiger partial charge on any atom is -0.495 e. The maximum Gasteiger partial charge on any atom is 0.256 e. The molecule has 2 heterocycles. The van der Waals surface area contributed by atoms with Crippen LogP contribution in [0.15, 0.2) is 24.4 Å². The summed E-state index contributed by atoms with van der Waals surface area (Å²) in [7, 11) is 3.03. The lowest BCUT2D eigenvalue weighted by molar-refractivity contribution is 0.102. The Labute approximate surface area is 162 Å². The number of nitrogens with one attached hydrogen (secondary N) is 1. The number of fused-ring (bicyclic) bond motifs is 1. The third-order valence-electron chi connectivity index (χ3n) is 4.15. The molecule has 0 radical (unpaired) electrons. The van der Waals surface area contributed by atoms with Crippen LogP contribution >= 0.6 is 11.6 Å². The van der Waals surface area contributed by atoms with Gasteiger partial charge in [0.15, 0.2) is 5.65 Å². The number of anilines is 1. The van der Waals surface area contributed by atoms with E-state index in [-0.39, 0.29) is 11.9 Å². The SMILES string of the molecule is COc1cc(OC)c(NC(=O)c2cc(C)nc3c2cnn3C(C)C)cc1Cl. The Morgan fingerprint density at radius 2 is 1.89 bits per heavy atom. The lowest BCUT2D eigenvalue weighted by Crippen LogP contribution is -2.14. The molecule has 2 aromatic heterocycles. The third kappa shape index (κ3) is 3.55. The highest BCUT2D eigenvalue weighted by Crippen LogP contribution is 2.36. The van der Waals surface area contributed by atoms with Crippen LogP contribution in [-0.2, 0) is 0 Å². The Hall–Kier alpha value is -2.80. The van der Waals surface area contributed by atoms with E-state index in [0.29, 0.717) is 38.8 Å². The van der Waals surface area contributed by atoms with E-state index in [4.69, 9.17) is 21.1 Å². The van der Waals surface area contributed by atoms with Crippen LogP contribution in [0.1, 0.15) is 35.9 Å². The van der Waals surface area contributed by atoms with Crippen LogP contribution in [0, 0.1) is 6.92 Å². The summed E-state index contributed by atoms with van der Waals surface area (Å²) in [6, 6.07) is 5.09. The molecule has 0 saturated carbocycles. The van der Waals surface area contributed by atoms with E-state index >= 15 is 0 Å². The normalized spacial score (nSPS) is 11.1. The summed E-state index contributed by atoms with van der Waals surface area (Å²) in [5.74, 6) is 0.615. The van der Waals surface area contributed by atoms with Gasteiger partial charge in [0.05, 0.1) is 42.1 Å². The molecule has 0 bridgehead atoms. The van der Waals surface area contributed by atoms with E-state index in [0.717, 1.165) is 5.69 Å². The van der Waals surface area contributed by atoms with Crippen molar-refractivity contribution in [3.05, 3.63) is 40.7 Å². The summed E-state index contributed by atoms with van der Waals surface area (Å²) in [5, 5.41) is 8.29. The van der Waals surface area contributed by atoms with Crippen molar-refractivity contribution in [1.82, 2.24) is 14.8 Å². The third-order valence-corrected chi connectivity index (χ3v) is 4.45. The molecule has 1 aromatic carbocycles. The molecule has 0 aliphatic carbocycles. The molecule has 0 fully saturated rings. The number of aryl methyl sites for hydroxylation is 1. The van der Waals surface area contributed by atoms with E-state index in [1.807, 2.05) is 20.8 Å². The Morgan fingerprint density at radius 1 is 1.19 bits per heavy atom. The molecular weight excluding hydrogens is 368 g/mol. The zero-order valence-electron chi connectivity index (χ0n) is 15.8. The van der Waals surface area contributed by atoms with Gasteiger partial charge >= 0.3 is 0 Å². The molecule has 0 atom stereocenters. The van der Waals surface area contributed by atoms with E-state index in [1.54, 1.807) is 29.1 Å². The van der Waals surface area contributed by atoms with Gasteiger partial charge in [-0.05, 0) is 32.9 Å². The van der Waals surface area contributed by atoms with Crippen molar-refractivity contribution in [3.8, 4) is 11.5 Å². The lowest BCUT2D eigenvalue weighted by Gasteiger charge is -2.14. The summed E-state index contributed by atoms with van der Waals surface area (Å²) in [4.78, 5) is 17.5. The number of hydrogen-bond donors (Lipinski definition) is 1. The molecule has 3 aromatic rings. The highest BCUT2D eigenvalue weighted by molar-refractivity contribution is 6.32. The van der Waals surface area contributed by atoms with Gasteiger partial charge in [0.2, 0.25) is 0 Å². The molecule has 0 spiro atoms. The number of halogens is 1. The first kappa shape index (κ1) is 19.0. The number of aromatic nitrogens is 3. The first-order valence-corrected chi connectivity index (χ1v) is 8.81. The number of methoxy groups -OCH3 is 2. The van der Waals surface area contributed by atoms with Crippen LogP contribution in [0.3, 0.4) is 0 Å². The Kier molecular flexibility index (Phi) is 5.23. The zero-order chi connectivity index (χ0) is 19.7. The number of carbonyl (C=O) groups excluding carboxylic acids is 1. The van der Waals surface area contributed by atoms with Crippen molar-refractivity contribution in [2.24, 2.45) is 0 Å². The largest absolute Gasteiger partial charge is 0.495 e. The van der Waals surface area contributed by atoms with Crippen molar-refractivity contribution in [3.63, 3.8) is 0 Å². The molecule has 0 aliphatic rings. The van der Waals surface area contributed by atoms with Gasteiger partial charge in [-0.2, -0.15) is 5.10 Å². The molecule has 27 heavy (non-hydrogen) atoms. The fraction of sp³-hybridized carbons (Fsp3) is 0.316. The number of carbonyl (C=O) groups is 1. The number of nitrogens with zero attached hydrogens (tertiary/aromatic N) is 3. The Bertz CT molecular complexity index is 1010. The van der Waals surface area contributed by atoms with Gasteiger partial charge in [-0.25, -0.2) is 9.67 Å². The Balaban J connectivity index is 2.04. The van der Waals surface area contributed by atoms with Gasteiger partial charge in [-0.3, -0.25) is 4.79 Å². The summed E-state index contributed by atoms with van der Waals surface area (Å²) in [6.45, 7) is 5.87. The van der Waals surface area contributed by atoms with E-state index in [2.05, 4.69) is 15.4 Å². The molecule has 142 valence electrons. The fourth-order valence-electron chi connectivity index (χ4n) is 2.86. The second-order valence-corrected chi connectivity index (χ2v) is 6.78. The molecule has 0 saturated heterocycles. The topological polar surface area (TPSA) is 78.3 Å². The molecule has 1 N–H and O–H groups in total. The van der Waals surface area contributed by atoms with Crippen LogP contribution in [-0.4, -0.2) is 34.9 Å². The molecule has 0 unspecified atom stereocenters. The molecule has 0 aliphatic heterocycles. The van der Waals surface area contributed by atoms with Gasteiger partial charge in [0, 0.05) is 17.8 Å². The number of amides is 1. The van der Waals surface area contributed by atoms with Crippen molar-refractivity contribution < 1.29 is 14.3 Å². The number of pyridine rings is 1. The van der Waals surface area contributed by atoms with Crippen molar-refractivity contribution in [2.45, 2.75) is 26.8 Å². The monoisotopic (exact) mass is 388 g/mol. The second kappa shape index (κ2) is 7.44. The average molecular weight is 389 g/mol. The standard InChI is InChI=1S/C19H21ClN4O3/c1-10(2)24-18-13(9-21-24)12(6-11(3)22-18)19(25)23-15-7-14(20)16(26-4)8-17(15)27-5/h6-10H,1-5H3,(H,23,25). The lowest BCUT2D eigenvalue weighted by atomic mass is 10.1. The molecule has 8 heteroatoms. The van der Waals surface area contributed by atoms with Crippen molar-refractivity contribution in [2.75, 3.05) is 19.5 Å². The zero-order valence-corrected chi connectivity index (χ0v) is 16.6. The number of benzene rings is 1. The first-order valence-electron chi connectivity index (χ1n) is 8.43. The summed E-state index contributed by atoms with van der Waals surface area (Å²) < 4.78 is 12.3. The van der Waals surface area contributed by atoms with E-state index in [9.17, 15) is 4.79 Å². The molecule has 1 amide bonds. The maximum atomic E-state index is 13.0. The predicted octanol–water partition coefficient (Wildman–Crippen LogP) is 4.24. The summed E-state index contributed by atoms with van der Waals surface area (Å²) >= 11 is 6.19. The molecule has 3 rings (SSSR count). The molecular formula is C19H21ClN4O3. The average Bonchev–Trinajstić information content (AvgIpc) is 3.05. The highest BCUT2D eigenvalue weighted by Gasteiger charge is 2.19. The summed E-state index contributed by atoms with van der Waals surface area (Å²) in [5.41, 5.74) is 2.34. The Morgan fingerprint density at radius 3 is 2.52 bits per heavy atom. The number of rotatable bonds is 5. The van der Waals surface area contributed by atoms with Crippen LogP contribution < -0.4 is 14.8 Å². The van der Waals surface area contributed by atoms with Gasteiger partial charge < -0.3 is 14.8 Å². The number of hydrogen-bond acceptors (Lipinski definition) is 5. The highest BCUT2D eigenvalue weighted by atomic mass is 35.5. The maximum absolute atomic E-state index is 13.0. The van der Waals surface area contributed by atoms with Gasteiger partial charge in [0.25, 0.3) is 5.91 Å². The van der Waals surface area contributed by atoms with Crippen LogP contribution in [0.25, 0.3) is 11.0 Å². The number of ether oxygens (including phenoxy) is 2. The van der Waals surface area contributed by atoms with Gasteiger partial charge in [0.1, 0.15) is 11.5 Å². The van der Waals surface area contributed by atoms with Crippen molar-refractivity contribution >= 4 is 34.2 Å². The minimum atomic E-state index is -0.298. The minimum absolute atomic E-state index is 0.133. The van der Waals surface area contributed by atoms with Gasteiger partial charge in [-0.15, -0.1) is 0 Å². The van der Waals surface area contributed by atoms with E-state index < -0.39 is 0 Å². The van der Waals surface area contributed by atoms with Gasteiger partial charge in [-0.1, -0.05) is 11.6 Å². The quantitative estimate of drug-likeness (QED) is 0.707. The first-order chi connectivity index (χ1) is 12.8. The van der Waals surface area contributed by atoms with Crippen LogP contribution in [0.2, 0.25) is 5.02 Å².